The number of hydrogen-bond donors (Lipinski definition) is 2. The number of likely N-dealkylation sites (tertiary alicyclic amines) is 1. The van der Waals surface area contributed by atoms with Crippen molar-refractivity contribution < 1.29 is 4.79 Å². The lowest BCUT2D eigenvalue weighted by atomic mass is 9.95. The SMILES string of the molecule is Cc1cc(Br)ccc1NC(=O)CN1CC2CNCC2C1C. The summed E-state index contributed by atoms with van der Waals surface area (Å²) in [4.78, 5) is 14.6. The summed E-state index contributed by atoms with van der Waals surface area (Å²) >= 11 is 3.44. The third kappa shape index (κ3) is 3.15. The molecule has 2 heterocycles. The standard InChI is InChI=1S/C16H22BrN3O/c1-10-5-13(17)3-4-15(10)19-16(21)9-20-8-12-6-18-7-14(12)11(20)2/h3-5,11-12,14,18H,6-9H2,1-2H3,(H,19,21). The highest BCUT2D eigenvalue weighted by molar-refractivity contribution is 9.10. The van der Waals surface area contributed by atoms with Crippen LogP contribution in [0.5, 0.6) is 0 Å². The minimum absolute atomic E-state index is 0.0835. The third-order valence-corrected chi connectivity index (χ3v) is 5.36. The van der Waals surface area contributed by atoms with Crippen LogP contribution in [0.15, 0.2) is 22.7 Å². The third-order valence-electron chi connectivity index (χ3n) is 4.87. The van der Waals surface area contributed by atoms with Gasteiger partial charge < -0.3 is 10.6 Å². The number of hydrogen-bond acceptors (Lipinski definition) is 3. The Morgan fingerprint density at radius 3 is 3.00 bits per heavy atom. The Labute approximate surface area is 134 Å². The molecule has 3 rings (SSSR count). The zero-order valence-corrected chi connectivity index (χ0v) is 14.1. The van der Waals surface area contributed by atoms with Gasteiger partial charge in [0.1, 0.15) is 0 Å². The van der Waals surface area contributed by atoms with E-state index in [2.05, 4.69) is 38.4 Å². The van der Waals surface area contributed by atoms with E-state index >= 15 is 0 Å². The number of benzene rings is 1. The van der Waals surface area contributed by atoms with Crippen molar-refractivity contribution in [1.29, 1.82) is 0 Å². The van der Waals surface area contributed by atoms with Crippen molar-refractivity contribution in [2.24, 2.45) is 11.8 Å². The molecule has 2 saturated heterocycles. The Balaban J connectivity index is 1.59. The van der Waals surface area contributed by atoms with Crippen LogP contribution in [0.25, 0.3) is 0 Å². The summed E-state index contributed by atoms with van der Waals surface area (Å²) < 4.78 is 1.03. The van der Waals surface area contributed by atoms with E-state index < -0.39 is 0 Å². The summed E-state index contributed by atoms with van der Waals surface area (Å²) in [7, 11) is 0. The van der Waals surface area contributed by atoms with Gasteiger partial charge in [-0.05, 0) is 62.5 Å². The number of nitrogens with one attached hydrogen (secondary N) is 2. The van der Waals surface area contributed by atoms with E-state index in [9.17, 15) is 4.79 Å². The normalized spacial score (nSPS) is 28.6. The molecule has 1 aromatic carbocycles. The number of halogens is 1. The molecule has 5 heteroatoms. The second-order valence-electron chi connectivity index (χ2n) is 6.26. The average Bonchev–Trinajstić information content (AvgIpc) is 2.98. The number of carbonyl (C=O) groups excluding carboxylic acids is 1. The molecule has 3 atom stereocenters. The maximum atomic E-state index is 12.3. The van der Waals surface area contributed by atoms with E-state index in [4.69, 9.17) is 0 Å². The van der Waals surface area contributed by atoms with Gasteiger partial charge in [-0.2, -0.15) is 0 Å². The smallest absolute Gasteiger partial charge is 0.238 e. The van der Waals surface area contributed by atoms with Crippen molar-refractivity contribution in [3.05, 3.63) is 28.2 Å². The van der Waals surface area contributed by atoms with E-state index in [1.807, 2.05) is 25.1 Å². The summed E-state index contributed by atoms with van der Waals surface area (Å²) in [5, 5.41) is 6.48. The highest BCUT2D eigenvalue weighted by Crippen LogP contribution is 2.32. The maximum absolute atomic E-state index is 12.3. The zero-order chi connectivity index (χ0) is 15.0. The number of aryl methyl sites for hydroxylation is 1. The summed E-state index contributed by atoms with van der Waals surface area (Å²) in [5.74, 6) is 1.50. The molecule has 2 N–H and O–H groups in total. The number of fused-ring (bicyclic) bond motifs is 1. The minimum Gasteiger partial charge on any atom is -0.325 e. The summed E-state index contributed by atoms with van der Waals surface area (Å²) in [6.07, 6.45) is 0. The molecular weight excluding hydrogens is 330 g/mol. The largest absolute Gasteiger partial charge is 0.325 e. The second-order valence-corrected chi connectivity index (χ2v) is 7.18. The molecule has 0 saturated carbocycles. The quantitative estimate of drug-likeness (QED) is 0.877. The maximum Gasteiger partial charge on any atom is 0.238 e. The van der Waals surface area contributed by atoms with Gasteiger partial charge in [0.25, 0.3) is 0 Å². The van der Waals surface area contributed by atoms with Crippen LogP contribution in [0, 0.1) is 18.8 Å². The van der Waals surface area contributed by atoms with Gasteiger partial charge in [-0.25, -0.2) is 0 Å². The topological polar surface area (TPSA) is 44.4 Å². The molecule has 21 heavy (non-hydrogen) atoms. The lowest BCUT2D eigenvalue weighted by molar-refractivity contribution is -0.117. The van der Waals surface area contributed by atoms with Crippen molar-refractivity contribution in [3.63, 3.8) is 0 Å². The van der Waals surface area contributed by atoms with Gasteiger partial charge in [-0.15, -0.1) is 0 Å². The zero-order valence-electron chi connectivity index (χ0n) is 12.5. The monoisotopic (exact) mass is 351 g/mol. The number of amides is 1. The predicted octanol–water partition coefficient (Wildman–Crippen LogP) is 2.24. The van der Waals surface area contributed by atoms with Gasteiger partial charge in [0.05, 0.1) is 6.54 Å². The molecule has 2 aliphatic heterocycles. The van der Waals surface area contributed by atoms with Crippen LogP contribution in [0.4, 0.5) is 5.69 Å². The Hall–Kier alpha value is -0.910. The fourth-order valence-electron chi connectivity index (χ4n) is 3.61. The van der Waals surface area contributed by atoms with Crippen LogP contribution < -0.4 is 10.6 Å². The van der Waals surface area contributed by atoms with Crippen LogP contribution in [0.2, 0.25) is 0 Å². The molecule has 0 spiro atoms. The van der Waals surface area contributed by atoms with Crippen molar-refractivity contribution in [3.8, 4) is 0 Å². The molecule has 0 aliphatic carbocycles. The highest BCUT2D eigenvalue weighted by atomic mass is 79.9. The number of anilines is 1. The first-order chi connectivity index (χ1) is 10.0. The molecule has 0 bridgehead atoms. The van der Waals surface area contributed by atoms with E-state index in [1.165, 1.54) is 0 Å². The second kappa shape index (κ2) is 6.07. The molecule has 3 unspecified atom stereocenters. The summed E-state index contributed by atoms with van der Waals surface area (Å²) in [5.41, 5.74) is 1.98. The molecule has 4 nitrogen and oxygen atoms in total. The number of nitrogens with zero attached hydrogens (tertiary/aromatic N) is 1. The molecule has 0 radical (unpaired) electrons. The summed E-state index contributed by atoms with van der Waals surface area (Å²) in [6, 6.07) is 6.41. The van der Waals surface area contributed by atoms with Gasteiger partial charge in [0.2, 0.25) is 5.91 Å². The van der Waals surface area contributed by atoms with Crippen molar-refractivity contribution in [2.75, 3.05) is 31.5 Å². The molecular formula is C16H22BrN3O. The summed E-state index contributed by atoms with van der Waals surface area (Å²) in [6.45, 7) is 7.97. The van der Waals surface area contributed by atoms with Crippen molar-refractivity contribution >= 4 is 27.5 Å². The number of rotatable bonds is 3. The molecule has 114 valence electrons. The molecule has 2 fully saturated rings. The predicted molar refractivity (Wildman–Crippen MR) is 88.4 cm³/mol. The Bertz CT molecular complexity index is 548. The van der Waals surface area contributed by atoms with Gasteiger partial charge in [-0.3, -0.25) is 9.69 Å². The van der Waals surface area contributed by atoms with Gasteiger partial charge in [0, 0.05) is 22.7 Å². The van der Waals surface area contributed by atoms with Gasteiger partial charge in [-0.1, -0.05) is 15.9 Å². The van der Waals surface area contributed by atoms with E-state index in [0.29, 0.717) is 24.4 Å². The highest BCUT2D eigenvalue weighted by Gasteiger charge is 2.42. The first-order valence-corrected chi connectivity index (χ1v) is 8.34. The minimum atomic E-state index is 0.0835. The van der Waals surface area contributed by atoms with Crippen molar-refractivity contribution in [1.82, 2.24) is 10.2 Å². The van der Waals surface area contributed by atoms with Crippen LogP contribution in [0.1, 0.15) is 12.5 Å². The van der Waals surface area contributed by atoms with Crippen LogP contribution >= 0.6 is 15.9 Å². The fraction of sp³-hybridized carbons (Fsp3) is 0.562. The van der Waals surface area contributed by atoms with E-state index in [0.717, 1.165) is 35.4 Å². The lowest BCUT2D eigenvalue weighted by Gasteiger charge is -2.23. The first kappa shape index (κ1) is 15.0. The fourth-order valence-corrected chi connectivity index (χ4v) is 4.08. The van der Waals surface area contributed by atoms with Crippen molar-refractivity contribution in [2.45, 2.75) is 19.9 Å². The van der Waals surface area contributed by atoms with E-state index in [-0.39, 0.29) is 5.91 Å². The average molecular weight is 352 g/mol. The first-order valence-electron chi connectivity index (χ1n) is 7.55. The van der Waals surface area contributed by atoms with Crippen LogP contribution in [-0.4, -0.2) is 43.0 Å². The van der Waals surface area contributed by atoms with E-state index in [1.54, 1.807) is 0 Å². The van der Waals surface area contributed by atoms with Gasteiger partial charge >= 0.3 is 0 Å². The molecule has 1 aromatic rings. The Morgan fingerprint density at radius 1 is 1.48 bits per heavy atom. The van der Waals surface area contributed by atoms with Crippen LogP contribution in [0.3, 0.4) is 0 Å². The Morgan fingerprint density at radius 2 is 2.29 bits per heavy atom. The van der Waals surface area contributed by atoms with Gasteiger partial charge in [0.15, 0.2) is 0 Å². The van der Waals surface area contributed by atoms with Crippen LogP contribution in [-0.2, 0) is 4.79 Å². The lowest BCUT2D eigenvalue weighted by Crippen LogP contribution is -2.39. The molecule has 2 aliphatic rings. The molecule has 0 aromatic heterocycles. The Kier molecular flexibility index (Phi) is 4.33. The molecule has 1 amide bonds. The number of carbonyl (C=O) groups is 1.